The van der Waals surface area contributed by atoms with E-state index in [1.165, 1.54) is 17.7 Å². The molecule has 3 aromatic rings. The number of thiophene rings is 1. The van der Waals surface area contributed by atoms with E-state index in [0.717, 1.165) is 20.3 Å². The van der Waals surface area contributed by atoms with Crippen LogP contribution in [0.15, 0.2) is 40.4 Å². The van der Waals surface area contributed by atoms with Crippen molar-refractivity contribution < 1.29 is 9.53 Å². The maximum atomic E-state index is 12.0. The number of benzene rings is 1. The minimum Gasteiger partial charge on any atom is -0.467 e. The van der Waals surface area contributed by atoms with Gasteiger partial charge in [0.25, 0.3) is 5.91 Å². The Labute approximate surface area is 139 Å². The van der Waals surface area contributed by atoms with Crippen LogP contribution in [0.3, 0.4) is 0 Å². The highest BCUT2D eigenvalue weighted by atomic mass is 79.9. The van der Waals surface area contributed by atoms with E-state index in [1.54, 1.807) is 0 Å². The predicted octanol–water partition coefficient (Wildman–Crippen LogP) is 3.78. The van der Waals surface area contributed by atoms with Crippen LogP contribution in [0.4, 0.5) is 5.69 Å². The molecule has 0 spiro atoms. The summed E-state index contributed by atoms with van der Waals surface area (Å²) >= 11 is 4.93. The Bertz CT molecular complexity index is 835. The summed E-state index contributed by atoms with van der Waals surface area (Å²) in [6.07, 6.45) is 1.43. The molecule has 0 aliphatic carbocycles. The number of hydrogen-bond acceptors (Lipinski definition) is 5. The SMILES string of the molecule is Cc1ccc(NC(=O)COc2ncnc3sccc23)c(Br)c1. The number of hydrogen-bond donors (Lipinski definition) is 1. The van der Waals surface area contributed by atoms with Crippen molar-refractivity contribution in [1.82, 2.24) is 9.97 Å². The van der Waals surface area contributed by atoms with Gasteiger partial charge in [-0.05, 0) is 52.0 Å². The zero-order chi connectivity index (χ0) is 15.5. The first kappa shape index (κ1) is 14.9. The molecule has 112 valence electrons. The third kappa shape index (κ3) is 3.26. The highest BCUT2D eigenvalue weighted by Crippen LogP contribution is 2.26. The smallest absolute Gasteiger partial charge is 0.262 e. The summed E-state index contributed by atoms with van der Waals surface area (Å²) in [5.74, 6) is 0.177. The molecule has 22 heavy (non-hydrogen) atoms. The van der Waals surface area contributed by atoms with Crippen molar-refractivity contribution in [2.75, 3.05) is 11.9 Å². The Kier molecular flexibility index (Phi) is 4.35. The average molecular weight is 378 g/mol. The van der Waals surface area contributed by atoms with Gasteiger partial charge < -0.3 is 10.1 Å². The van der Waals surface area contributed by atoms with E-state index in [2.05, 4.69) is 31.2 Å². The summed E-state index contributed by atoms with van der Waals surface area (Å²) in [7, 11) is 0. The fourth-order valence-corrected chi connectivity index (χ4v) is 3.24. The molecule has 0 radical (unpaired) electrons. The molecule has 5 nitrogen and oxygen atoms in total. The number of aryl methyl sites for hydroxylation is 1. The Hall–Kier alpha value is -1.99. The predicted molar refractivity (Wildman–Crippen MR) is 90.4 cm³/mol. The fraction of sp³-hybridized carbons (Fsp3) is 0.133. The molecule has 0 aliphatic heterocycles. The number of halogens is 1. The zero-order valence-corrected chi connectivity index (χ0v) is 14.1. The molecule has 1 amide bonds. The number of nitrogens with one attached hydrogen (secondary N) is 1. The number of nitrogens with zero attached hydrogens (tertiary/aromatic N) is 2. The van der Waals surface area contributed by atoms with E-state index in [4.69, 9.17) is 4.74 Å². The van der Waals surface area contributed by atoms with Crippen molar-refractivity contribution in [3.63, 3.8) is 0 Å². The Balaban J connectivity index is 1.66. The first-order valence-electron chi connectivity index (χ1n) is 6.50. The van der Waals surface area contributed by atoms with Crippen LogP contribution in [-0.4, -0.2) is 22.5 Å². The molecule has 7 heteroatoms. The van der Waals surface area contributed by atoms with Crippen LogP contribution < -0.4 is 10.1 Å². The van der Waals surface area contributed by atoms with Gasteiger partial charge in [-0.3, -0.25) is 4.79 Å². The van der Waals surface area contributed by atoms with Gasteiger partial charge in [0, 0.05) is 4.47 Å². The van der Waals surface area contributed by atoms with Gasteiger partial charge in [-0.25, -0.2) is 9.97 Å². The van der Waals surface area contributed by atoms with Crippen LogP contribution in [0, 0.1) is 6.92 Å². The number of amides is 1. The van der Waals surface area contributed by atoms with Crippen LogP contribution >= 0.6 is 27.3 Å². The number of anilines is 1. The van der Waals surface area contributed by atoms with Crippen molar-refractivity contribution in [3.8, 4) is 5.88 Å². The van der Waals surface area contributed by atoms with Crippen molar-refractivity contribution in [2.45, 2.75) is 6.92 Å². The lowest BCUT2D eigenvalue weighted by Gasteiger charge is -2.09. The molecule has 0 bridgehead atoms. The summed E-state index contributed by atoms with van der Waals surface area (Å²) in [6.45, 7) is 1.88. The minimum atomic E-state index is -0.244. The van der Waals surface area contributed by atoms with E-state index < -0.39 is 0 Å². The molecular weight excluding hydrogens is 366 g/mol. The van der Waals surface area contributed by atoms with Crippen LogP contribution in [0.25, 0.3) is 10.2 Å². The number of aromatic nitrogens is 2. The average Bonchev–Trinajstić information content (AvgIpc) is 2.97. The molecule has 0 unspecified atom stereocenters. The summed E-state index contributed by atoms with van der Waals surface area (Å²) in [6, 6.07) is 7.60. The van der Waals surface area contributed by atoms with Crippen LogP contribution in [0.5, 0.6) is 5.88 Å². The minimum absolute atomic E-state index is 0.109. The standard InChI is InChI=1S/C15H12BrN3O2S/c1-9-2-3-12(11(16)6-9)19-13(20)7-21-14-10-4-5-22-15(10)18-8-17-14/h2-6,8H,7H2,1H3,(H,19,20). The molecule has 0 saturated carbocycles. The van der Waals surface area contributed by atoms with Crippen LogP contribution in [-0.2, 0) is 4.79 Å². The summed E-state index contributed by atoms with van der Waals surface area (Å²) in [5.41, 5.74) is 1.82. The second-order valence-corrected chi connectivity index (χ2v) is 6.39. The van der Waals surface area contributed by atoms with E-state index in [0.29, 0.717) is 11.6 Å². The first-order valence-corrected chi connectivity index (χ1v) is 8.18. The monoisotopic (exact) mass is 377 g/mol. The molecule has 2 aromatic heterocycles. The number of fused-ring (bicyclic) bond motifs is 1. The Morgan fingerprint density at radius 3 is 3.05 bits per heavy atom. The summed E-state index contributed by atoms with van der Waals surface area (Å²) in [4.78, 5) is 21.0. The number of carbonyl (C=O) groups excluding carboxylic acids is 1. The van der Waals surface area contributed by atoms with E-state index in [9.17, 15) is 4.79 Å². The third-order valence-corrected chi connectivity index (χ3v) is 4.44. The van der Waals surface area contributed by atoms with Gasteiger partial charge in [0.05, 0.1) is 11.1 Å². The normalized spacial score (nSPS) is 10.6. The molecule has 1 aromatic carbocycles. The van der Waals surface area contributed by atoms with Gasteiger partial charge in [-0.1, -0.05) is 6.07 Å². The van der Waals surface area contributed by atoms with Crippen molar-refractivity contribution in [1.29, 1.82) is 0 Å². The molecular formula is C15H12BrN3O2S. The lowest BCUT2D eigenvalue weighted by molar-refractivity contribution is -0.118. The maximum absolute atomic E-state index is 12.0. The summed E-state index contributed by atoms with van der Waals surface area (Å²) in [5, 5.41) is 5.53. The van der Waals surface area contributed by atoms with Crippen LogP contribution in [0.1, 0.15) is 5.56 Å². The molecule has 0 aliphatic rings. The van der Waals surface area contributed by atoms with E-state index in [-0.39, 0.29) is 12.5 Å². The van der Waals surface area contributed by atoms with Crippen molar-refractivity contribution in [3.05, 3.63) is 46.0 Å². The molecule has 1 N–H and O–H groups in total. The number of rotatable bonds is 4. The van der Waals surface area contributed by atoms with Gasteiger partial charge in [0.1, 0.15) is 11.2 Å². The molecule has 0 fully saturated rings. The van der Waals surface area contributed by atoms with Crippen molar-refractivity contribution in [2.24, 2.45) is 0 Å². The number of ether oxygens (including phenoxy) is 1. The largest absolute Gasteiger partial charge is 0.467 e. The van der Waals surface area contributed by atoms with E-state index in [1.807, 2.05) is 36.6 Å². The van der Waals surface area contributed by atoms with E-state index >= 15 is 0 Å². The van der Waals surface area contributed by atoms with Gasteiger partial charge in [-0.2, -0.15) is 0 Å². The molecule has 2 heterocycles. The molecule has 3 rings (SSSR count). The number of carbonyl (C=O) groups is 1. The topological polar surface area (TPSA) is 64.1 Å². The lowest BCUT2D eigenvalue weighted by atomic mass is 10.2. The van der Waals surface area contributed by atoms with Crippen LogP contribution in [0.2, 0.25) is 0 Å². The first-order chi connectivity index (χ1) is 10.6. The van der Waals surface area contributed by atoms with Gasteiger partial charge in [-0.15, -0.1) is 11.3 Å². The third-order valence-electron chi connectivity index (χ3n) is 2.96. The van der Waals surface area contributed by atoms with Gasteiger partial charge in [0.15, 0.2) is 6.61 Å². The second-order valence-electron chi connectivity index (χ2n) is 4.64. The fourth-order valence-electron chi connectivity index (χ4n) is 1.92. The highest BCUT2D eigenvalue weighted by Gasteiger charge is 2.10. The van der Waals surface area contributed by atoms with Gasteiger partial charge in [0.2, 0.25) is 5.88 Å². The molecule has 0 atom stereocenters. The Morgan fingerprint density at radius 1 is 1.36 bits per heavy atom. The zero-order valence-electron chi connectivity index (χ0n) is 11.7. The molecule has 0 saturated heterocycles. The summed E-state index contributed by atoms with van der Waals surface area (Å²) < 4.78 is 6.34. The highest BCUT2D eigenvalue weighted by molar-refractivity contribution is 9.10. The second kappa shape index (κ2) is 6.41. The maximum Gasteiger partial charge on any atom is 0.262 e. The quantitative estimate of drug-likeness (QED) is 0.751. The van der Waals surface area contributed by atoms with Crippen molar-refractivity contribution >= 4 is 49.1 Å². The lowest BCUT2D eigenvalue weighted by Crippen LogP contribution is -2.20. The van der Waals surface area contributed by atoms with Gasteiger partial charge >= 0.3 is 0 Å². The Morgan fingerprint density at radius 2 is 2.23 bits per heavy atom.